The highest BCUT2D eigenvalue weighted by molar-refractivity contribution is 7.00. The van der Waals surface area contributed by atoms with Gasteiger partial charge in [0, 0.05) is 34.6 Å². The number of anilines is 5. The van der Waals surface area contributed by atoms with Gasteiger partial charge in [-0.25, -0.2) is 0 Å². The van der Waals surface area contributed by atoms with Gasteiger partial charge in [-0.2, -0.15) is 0 Å². The lowest BCUT2D eigenvalue weighted by atomic mass is 9.33. The molecule has 0 radical (unpaired) electrons. The van der Waals surface area contributed by atoms with E-state index >= 15 is 0 Å². The first-order valence-corrected chi connectivity index (χ1v) is 36.9. The van der Waals surface area contributed by atoms with Crippen LogP contribution in [0.3, 0.4) is 0 Å². The highest BCUT2D eigenvalue weighted by Crippen LogP contribution is 2.58. The van der Waals surface area contributed by atoms with Crippen LogP contribution in [0, 0.1) is 0 Å². The van der Waals surface area contributed by atoms with Crippen LogP contribution in [0.1, 0.15) is 140 Å². The largest absolute Gasteiger partial charge is 0.318 e. The van der Waals surface area contributed by atoms with Gasteiger partial charge >= 0.3 is 0 Å². The van der Waals surface area contributed by atoms with Gasteiger partial charge in [-0.1, -0.05) is 338 Å². The summed E-state index contributed by atoms with van der Waals surface area (Å²) in [6, 6.07) is 114. The molecule has 2 aliphatic heterocycles. The maximum atomic E-state index is 2.61. The first-order valence-electron chi connectivity index (χ1n) is 36.9. The molecule has 1 aliphatic carbocycles. The maximum Gasteiger partial charge on any atom is 0.252 e. The molecule has 0 amide bonds. The molecule has 16 rings (SSSR count). The SMILES string of the molecule is C/C(=C\C=C\N1c2ccc(-c3cccc(-c4cc(C(C)(C)C)cc(C(C)(C)C)c4)c3)cc2B2c3cc(-c4cccc(-c5cc(C(C)(C)C)cc(C(C)(C)C)c5)c4)ccc3N(c3ccc(-c4ccccc4)cc3)c3cc(C4(c5ccccc5)c5ccccc5-c5ccccc54)cc1c32)c1ccccc1. The van der Waals surface area contributed by atoms with Crippen molar-refractivity contribution in [2.45, 2.75) is 117 Å². The lowest BCUT2D eigenvalue weighted by Crippen LogP contribution is -2.61. The normalized spacial score (nSPS) is 13.9. The predicted molar refractivity (Wildman–Crippen MR) is 443 cm³/mol. The van der Waals surface area contributed by atoms with E-state index in [4.69, 9.17) is 0 Å². The molecule has 0 N–H and O–H groups in total. The summed E-state index contributed by atoms with van der Waals surface area (Å²) in [6.45, 7) is 30.0. The van der Waals surface area contributed by atoms with Crippen molar-refractivity contribution in [3.05, 3.63) is 366 Å². The van der Waals surface area contributed by atoms with Gasteiger partial charge in [0.05, 0.1) is 5.41 Å². The summed E-state index contributed by atoms with van der Waals surface area (Å²) >= 11 is 0. The van der Waals surface area contributed by atoms with E-state index in [9.17, 15) is 0 Å². The Bertz CT molecular complexity index is 5380. The number of nitrogens with zero attached hydrogens (tertiary/aromatic N) is 2. The van der Waals surface area contributed by atoms with Crippen LogP contribution in [-0.4, -0.2) is 6.71 Å². The number of fused-ring (bicyclic) bond motifs is 7. The molecule has 103 heavy (non-hydrogen) atoms. The minimum Gasteiger partial charge on any atom is -0.318 e. The zero-order chi connectivity index (χ0) is 71.3. The molecule has 3 heteroatoms. The van der Waals surface area contributed by atoms with Gasteiger partial charge in [0.25, 0.3) is 6.71 Å². The summed E-state index contributed by atoms with van der Waals surface area (Å²) in [6.07, 6.45) is 6.90. The second-order valence-electron chi connectivity index (χ2n) is 33.1. The van der Waals surface area contributed by atoms with Crippen molar-refractivity contribution in [3.63, 3.8) is 0 Å². The summed E-state index contributed by atoms with van der Waals surface area (Å²) in [4.78, 5) is 5.14. The van der Waals surface area contributed by atoms with E-state index in [1.165, 1.54) is 139 Å². The zero-order valence-electron chi connectivity index (χ0n) is 62.0. The fraction of sp³-hybridized carbons (Fsp3) is 0.180. The van der Waals surface area contributed by atoms with Crippen LogP contribution in [0.5, 0.6) is 0 Å². The average molecular weight is 1330 g/mol. The third-order valence-electron chi connectivity index (χ3n) is 22.1. The number of rotatable bonds is 11. The van der Waals surface area contributed by atoms with Crippen LogP contribution < -0.4 is 26.2 Å². The monoisotopic (exact) mass is 1330 g/mol. The fourth-order valence-electron chi connectivity index (χ4n) is 16.3. The maximum absolute atomic E-state index is 2.61. The van der Waals surface area contributed by atoms with E-state index in [2.05, 4.69) is 415 Å². The minimum absolute atomic E-state index is 0.0269. The second-order valence-corrected chi connectivity index (χ2v) is 33.1. The second kappa shape index (κ2) is 25.5. The molecule has 13 aromatic carbocycles. The molecule has 0 bridgehead atoms. The molecular weight excluding hydrogens is 1240 g/mol. The molecule has 3 aliphatic rings. The highest BCUT2D eigenvalue weighted by atomic mass is 15.2. The van der Waals surface area contributed by atoms with Crippen LogP contribution in [0.4, 0.5) is 28.4 Å². The van der Waals surface area contributed by atoms with Crippen molar-refractivity contribution >= 4 is 57.1 Å². The standard InChI is InChI=1S/C100H91BN2/c1-66(67-31-17-14-18-32-67)30-29-53-102-91-51-47-74(70-35-27-37-72(54-70)76-56-79(96(2,3)4)62-80(57-76)97(5,6)7)60-89(91)101-90-61-75(71-36-28-38-73(55-71)77-58-81(98(8,9)10)63-82(59-77)99(11,12)13)48-52-92(90)103(84-49-45-69(46-50-84)68-33-19-15-20-34-68)94-65-83(64-93(102)95(94)101)100(78-39-21-16-22-40-78)87-43-25-23-41-85(87)86-42-24-26-44-88(86)100/h14-65H,1-13H3/b53-29+,66-30+. The molecule has 0 saturated heterocycles. The smallest absolute Gasteiger partial charge is 0.252 e. The predicted octanol–water partition coefficient (Wildman–Crippen LogP) is 24.9. The van der Waals surface area contributed by atoms with Crippen LogP contribution in [0.15, 0.2) is 316 Å². The quantitative estimate of drug-likeness (QED) is 0.0941. The molecular formula is C100H91BN2. The summed E-state index contributed by atoms with van der Waals surface area (Å²) < 4.78 is 0. The summed E-state index contributed by atoms with van der Waals surface area (Å²) in [7, 11) is 0. The Morgan fingerprint density at radius 3 is 1.22 bits per heavy atom. The van der Waals surface area contributed by atoms with Crippen molar-refractivity contribution in [2.24, 2.45) is 0 Å². The first kappa shape index (κ1) is 66.5. The van der Waals surface area contributed by atoms with E-state index in [0.717, 1.165) is 28.4 Å². The molecule has 0 saturated carbocycles. The van der Waals surface area contributed by atoms with E-state index in [1.807, 2.05) is 0 Å². The van der Waals surface area contributed by atoms with Crippen LogP contribution in [-0.2, 0) is 27.1 Å². The molecule has 0 unspecified atom stereocenters. The van der Waals surface area contributed by atoms with Gasteiger partial charge in [0.1, 0.15) is 0 Å². The van der Waals surface area contributed by atoms with E-state index in [0.29, 0.717) is 0 Å². The number of hydrogen-bond acceptors (Lipinski definition) is 2. The fourth-order valence-corrected chi connectivity index (χ4v) is 16.3. The Morgan fingerprint density at radius 1 is 0.320 bits per heavy atom. The molecule has 0 spiro atoms. The number of benzene rings is 13. The molecule has 13 aromatic rings. The summed E-state index contributed by atoms with van der Waals surface area (Å²) in [5.74, 6) is 0. The highest BCUT2D eigenvalue weighted by Gasteiger charge is 2.50. The van der Waals surface area contributed by atoms with Gasteiger partial charge < -0.3 is 9.80 Å². The zero-order valence-corrected chi connectivity index (χ0v) is 62.0. The van der Waals surface area contributed by atoms with Crippen LogP contribution in [0.25, 0.3) is 72.3 Å². The van der Waals surface area contributed by atoms with Crippen LogP contribution >= 0.6 is 0 Å². The van der Waals surface area contributed by atoms with Crippen LogP contribution in [0.2, 0.25) is 0 Å². The van der Waals surface area contributed by atoms with Crippen molar-refractivity contribution < 1.29 is 0 Å². The third-order valence-corrected chi connectivity index (χ3v) is 22.1. The number of allylic oxidation sites excluding steroid dienone is 3. The average Bonchev–Trinajstić information content (AvgIpc) is 1.67. The Kier molecular flexibility index (Phi) is 16.5. The van der Waals surface area contributed by atoms with E-state index < -0.39 is 5.41 Å². The molecule has 0 aromatic heterocycles. The van der Waals surface area contributed by atoms with Gasteiger partial charge in [0.15, 0.2) is 0 Å². The van der Waals surface area contributed by atoms with E-state index in [-0.39, 0.29) is 28.4 Å². The van der Waals surface area contributed by atoms with Crippen molar-refractivity contribution in [3.8, 4) is 66.8 Å². The van der Waals surface area contributed by atoms with Gasteiger partial charge in [-0.15, -0.1) is 0 Å². The Hall–Kier alpha value is -11.0. The van der Waals surface area contributed by atoms with Crippen molar-refractivity contribution in [1.82, 2.24) is 0 Å². The Balaban J connectivity index is 0.988. The summed E-state index contributed by atoms with van der Waals surface area (Å²) in [5.41, 5.74) is 35.9. The third kappa shape index (κ3) is 12.0. The summed E-state index contributed by atoms with van der Waals surface area (Å²) in [5, 5.41) is 0. The van der Waals surface area contributed by atoms with Crippen molar-refractivity contribution in [2.75, 3.05) is 9.80 Å². The molecule has 504 valence electrons. The first-order chi connectivity index (χ1) is 49.5. The van der Waals surface area contributed by atoms with Gasteiger partial charge in [-0.05, 0) is 222 Å². The lowest BCUT2D eigenvalue weighted by Gasteiger charge is -2.45. The topological polar surface area (TPSA) is 6.48 Å². The number of hydrogen-bond donors (Lipinski definition) is 0. The van der Waals surface area contributed by atoms with Crippen molar-refractivity contribution in [1.29, 1.82) is 0 Å². The van der Waals surface area contributed by atoms with Gasteiger partial charge in [-0.3, -0.25) is 0 Å². The molecule has 0 atom stereocenters. The minimum atomic E-state index is -0.706. The van der Waals surface area contributed by atoms with Gasteiger partial charge in [0.2, 0.25) is 0 Å². The molecule has 2 heterocycles. The Morgan fingerprint density at radius 2 is 0.718 bits per heavy atom. The molecule has 0 fully saturated rings. The lowest BCUT2D eigenvalue weighted by molar-refractivity contribution is 0.568. The van der Waals surface area contributed by atoms with E-state index in [1.54, 1.807) is 0 Å². The Labute approximate surface area is 612 Å². The molecule has 2 nitrogen and oxygen atoms in total.